The van der Waals surface area contributed by atoms with Crippen LogP contribution in [-0.4, -0.2) is 30.2 Å². The van der Waals surface area contributed by atoms with E-state index >= 15 is 0 Å². The Morgan fingerprint density at radius 2 is 1.96 bits per heavy atom. The first-order valence-corrected chi connectivity index (χ1v) is 9.25. The first kappa shape index (κ1) is 17.2. The van der Waals surface area contributed by atoms with Crippen molar-refractivity contribution < 1.29 is 4.74 Å². The lowest BCUT2D eigenvalue weighted by Gasteiger charge is -2.24. The van der Waals surface area contributed by atoms with E-state index in [1.165, 1.54) is 22.2 Å². The molecule has 1 aliphatic heterocycles. The minimum Gasteiger partial charge on any atom is -0.497 e. The van der Waals surface area contributed by atoms with E-state index in [2.05, 4.69) is 47.4 Å². The van der Waals surface area contributed by atoms with Gasteiger partial charge in [-0.3, -0.25) is 0 Å². The number of likely N-dealkylation sites (N-methyl/N-ethyl adjacent to an activating group) is 1. The molecule has 26 heavy (non-hydrogen) atoms. The molecule has 0 fully saturated rings. The van der Waals surface area contributed by atoms with Crippen LogP contribution in [0.2, 0.25) is 5.02 Å². The zero-order chi connectivity index (χ0) is 18.3. The summed E-state index contributed by atoms with van der Waals surface area (Å²) in [7, 11) is 3.86. The summed E-state index contributed by atoms with van der Waals surface area (Å²) in [6.45, 7) is 7.17. The second-order valence-corrected chi connectivity index (χ2v) is 7.43. The fraction of sp³-hybridized carbons (Fsp3) is 0.273. The van der Waals surface area contributed by atoms with Gasteiger partial charge < -0.3 is 14.2 Å². The standard InChI is InChI=1S/C22H23ClN2O/c1-15(16-4-7-18(26-3)8-5-16)13-25-21-9-6-17(23)12-19(21)20-14-24(2)11-10-22(20)25/h4-9,12H,1,10-11,13-14H2,2-3H3. The van der Waals surface area contributed by atoms with Gasteiger partial charge in [0.05, 0.1) is 7.11 Å². The molecule has 134 valence electrons. The van der Waals surface area contributed by atoms with Crippen LogP contribution in [0.4, 0.5) is 0 Å². The van der Waals surface area contributed by atoms with Gasteiger partial charge in [-0.05, 0) is 54.1 Å². The van der Waals surface area contributed by atoms with Crippen LogP contribution in [0.5, 0.6) is 5.75 Å². The molecule has 3 aromatic rings. The Labute approximate surface area is 159 Å². The number of halogens is 1. The lowest BCUT2D eigenvalue weighted by atomic mass is 10.0. The molecule has 0 unspecified atom stereocenters. The van der Waals surface area contributed by atoms with Crippen molar-refractivity contribution >= 4 is 28.1 Å². The molecule has 3 nitrogen and oxygen atoms in total. The smallest absolute Gasteiger partial charge is 0.118 e. The first-order valence-electron chi connectivity index (χ1n) is 8.87. The van der Waals surface area contributed by atoms with Crippen LogP contribution in [0.1, 0.15) is 16.8 Å². The van der Waals surface area contributed by atoms with Crippen LogP contribution in [0.3, 0.4) is 0 Å². The SMILES string of the molecule is C=C(Cn1c2c(c3cc(Cl)ccc31)CN(C)CC2)c1ccc(OC)cc1. The van der Waals surface area contributed by atoms with Crippen molar-refractivity contribution in [3.8, 4) is 5.75 Å². The van der Waals surface area contributed by atoms with E-state index in [4.69, 9.17) is 16.3 Å². The Hall–Kier alpha value is -2.23. The third-order valence-corrected chi connectivity index (χ3v) is 5.49. The number of nitrogens with zero attached hydrogens (tertiary/aromatic N) is 2. The van der Waals surface area contributed by atoms with Crippen molar-refractivity contribution in [3.05, 3.63) is 70.9 Å². The maximum Gasteiger partial charge on any atom is 0.118 e. The van der Waals surface area contributed by atoms with Crippen LogP contribution in [0.15, 0.2) is 49.0 Å². The first-order chi connectivity index (χ1) is 12.6. The molecule has 4 heteroatoms. The van der Waals surface area contributed by atoms with Crippen LogP contribution in [0, 0.1) is 0 Å². The summed E-state index contributed by atoms with van der Waals surface area (Å²) < 4.78 is 7.67. The molecule has 0 saturated heterocycles. The maximum absolute atomic E-state index is 6.28. The number of fused-ring (bicyclic) bond motifs is 3. The number of rotatable bonds is 4. The summed E-state index contributed by atoms with van der Waals surface area (Å²) in [5.41, 5.74) is 6.29. The molecule has 1 aromatic heterocycles. The average Bonchev–Trinajstić information content (AvgIpc) is 2.94. The zero-order valence-corrected chi connectivity index (χ0v) is 16.0. The van der Waals surface area contributed by atoms with Gasteiger partial charge in [0.2, 0.25) is 0 Å². The molecule has 2 heterocycles. The Kier molecular flexibility index (Phi) is 4.51. The third kappa shape index (κ3) is 3.02. The fourth-order valence-electron chi connectivity index (χ4n) is 3.85. The number of methoxy groups -OCH3 is 1. The van der Waals surface area contributed by atoms with Gasteiger partial charge in [0, 0.05) is 47.7 Å². The van der Waals surface area contributed by atoms with Gasteiger partial charge >= 0.3 is 0 Å². The zero-order valence-electron chi connectivity index (χ0n) is 15.3. The van der Waals surface area contributed by atoms with E-state index in [9.17, 15) is 0 Å². The minimum atomic E-state index is 0.781. The largest absolute Gasteiger partial charge is 0.497 e. The minimum absolute atomic E-state index is 0.781. The van der Waals surface area contributed by atoms with Gasteiger partial charge in [-0.2, -0.15) is 0 Å². The van der Waals surface area contributed by atoms with Crippen molar-refractivity contribution in [3.63, 3.8) is 0 Å². The summed E-state index contributed by atoms with van der Waals surface area (Å²) >= 11 is 6.28. The quantitative estimate of drug-likeness (QED) is 0.646. The van der Waals surface area contributed by atoms with Gasteiger partial charge in [0.15, 0.2) is 0 Å². The normalized spacial score (nSPS) is 14.4. The van der Waals surface area contributed by atoms with E-state index in [0.717, 1.165) is 48.0 Å². The van der Waals surface area contributed by atoms with Gasteiger partial charge in [-0.25, -0.2) is 0 Å². The number of benzene rings is 2. The molecule has 1 aliphatic rings. The van der Waals surface area contributed by atoms with E-state index < -0.39 is 0 Å². The van der Waals surface area contributed by atoms with Crippen molar-refractivity contribution in [1.82, 2.24) is 9.47 Å². The van der Waals surface area contributed by atoms with Crippen molar-refractivity contribution in [2.24, 2.45) is 0 Å². The molecule has 0 N–H and O–H groups in total. The molecular formula is C22H23ClN2O. The summed E-state index contributed by atoms with van der Waals surface area (Å²) in [6, 6.07) is 14.3. The second kappa shape index (κ2) is 6.82. The van der Waals surface area contributed by atoms with E-state index in [0.29, 0.717) is 0 Å². The second-order valence-electron chi connectivity index (χ2n) is 6.99. The van der Waals surface area contributed by atoms with E-state index in [1.54, 1.807) is 7.11 Å². The average molecular weight is 367 g/mol. The predicted molar refractivity (Wildman–Crippen MR) is 109 cm³/mol. The van der Waals surface area contributed by atoms with Crippen molar-refractivity contribution in [1.29, 1.82) is 0 Å². The molecule has 0 radical (unpaired) electrons. The van der Waals surface area contributed by atoms with Gasteiger partial charge in [-0.15, -0.1) is 0 Å². The van der Waals surface area contributed by atoms with Crippen LogP contribution < -0.4 is 4.74 Å². The fourth-order valence-corrected chi connectivity index (χ4v) is 4.02. The van der Waals surface area contributed by atoms with Crippen LogP contribution >= 0.6 is 11.6 Å². The van der Waals surface area contributed by atoms with Gasteiger partial charge in [-0.1, -0.05) is 30.3 Å². The number of hydrogen-bond donors (Lipinski definition) is 0. The number of ether oxygens (including phenoxy) is 1. The Morgan fingerprint density at radius 3 is 2.69 bits per heavy atom. The monoisotopic (exact) mass is 366 g/mol. The highest BCUT2D eigenvalue weighted by molar-refractivity contribution is 6.31. The molecule has 0 spiro atoms. The number of aromatic nitrogens is 1. The molecule has 4 rings (SSSR count). The summed E-state index contributed by atoms with van der Waals surface area (Å²) in [4.78, 5) is 2.37. The maximum atomic E-state index is 6.28. The molecule has 0 bridgehead atoms. The Balaban J connectivity index is 1.75. The lowest BCUT2D eigenvalue weighted by Crippen LogP contribution is -2.27. The highest BCUT2D eigenvalue weighted by Crippen LogP contribution is 2.33. The van der Waals surface area contributed by atoms with Crippen LogP contribution in [0.25, 0.3) is 16.5 Å². The summed E-state index contributed by atoms with van der Waals surface area (Å²) in [6.07, 6.45) is 1.05. The van der Waals surface area contributed by atoms with Crippen molar-refractivity contribution in [2.75, 3.05) is 20.7 Å². The molecule has 0 saturated carbocycles. The molecule has 2 aromatic carbocycles. The van der Waals surface area contributed by atoms with E-state index in [1.807, 2.05) is 18.2 Å². The van der Waals surface area contributed by atoms with Crippen molar-refractivity contribution in [2.45, 2.75) is 19.5 Å². The summed E-state index contributed by atoms with van der Waals surface area (Å²) in [5, 5.41) is 2.06. The highest BCUT2D eigenvalue weighted by Gasteiger charge is 2.22. The molecule has 0 aliphatic carbocycles. The highest BCUT2D eigenvalue weighted by atomic mass is 35.5. The number of hydrogen-bond acceptors (Lipinski definition) is 2. The molecular weight excluding hydrogens is 344 g/mol. The third-order valence-electron chi connectivity index (χ3n) is 5.25. The lowest BCUT2D eigenvalue weighted by molar-refractivity contribution is 0.310. The topological polar surface area (TPSA) is 17.4 Å². The van der Waals surface area contributed by atoms with Gasteiger partial charge in [0.25, 0.3) is 0 Å². The van der Waals surface area contributed by atoms with Gasteiger partial charge in [0.1, 0.15) is 5.75 Å². The van der Waals surface area contributed by atoms with Crippen LogP contribution in [-0.2, 0) is 19.5 Å². The molecule has 0 atom stereocenters. The summed E-state index contributed by atoms with van der Waals surface area (Å²) in [5.74, 6) is 0.864. The predicted octanol–water partition coefficient (Wildman–Crippen LogP) is 5.00. The van der Waals surface area contributed by atoms with E-state index in [-0.39, 0.29) is 0 Å². The molecule has 0 amide bonds. The number of allylic oxidation sites excluding steroid dienone is 1. The Morgan fingerprint density at radius 1 is 1.19 bits per heavy atom. The Bertz CT molecular complexity index is 972.